The van der Waals surface area contributed by atoms with Crippen molar-refractivity contribution in [1.82, 2.24) is 14.4 Å². The predicted molar refractivity (Wildman–Crippen MR) is 157 cm³/mol. The molecule has 0 spiro atoms. The average molecular weight is 515 g/mol. The van der Waals surface area contributed by atoms with E-state index < -0.39 is 0 Å². The van der Waals surface area contributed by atoms with Gasteiger partial charge in [-0.25, -0.2) is 0 Å². The highest BCUT2D eigenvalue weighted by Crippen LogP contribution is 2.32. The third-order valence-electron chi connectivity index (χ3n) is 7.62. The van der Waals surface area contributed by atoms with E-state index in [-0.39, 0.29) is 0 Å². The maximum absolute atomic E-state index is 6.39. The zero-order valence-corrected chi connectivity index (χ0v) is 22.8. The second-order valence-electron chi connectivity index (χ2n) is 10.3. The molecule has 1 aromatic heterocycles. The third kappa shape index (κ3) is 6.27. The summed E-state index contributed by atoms with van der Waals surface area (Å²) in [5, 5.41) is 2.23. The van der Waals surface area contributed by atoms with Gasteiger partial charge < -0.3 is 10.3 Å². The Morgan fingerprint density at radius 1 is 0.838 bits per heavy atom. The quantitative estimate of drug-likeness (QED) is 0.259. The van der Waals surface area contributed by atoms with Crippen LogP contribution in [0.15, 0.2) is 72.9 Å². The van der Waals surface area contributed by atoms with Gasteiger partial charge in [0.25, 0.3) is 0 Å². The van der Waals surface area contributed by atoms with Gasteiger partial charge in [-0.3, -0.25) is 9.80 Å². The Balaban J connectivity index is 1.31. The number of halogens is 1. The molecule has 2 N–H and O–H groups in total. The Hall–Kier alpha value is -2.63. The summed E-state index contributed by atoms with van der Waals surface area (Å²) >= 11 is 6.39. The maximum Gasteiger partial charge on any atom is 0.0486 e. The molecule has 1 fully saturated rings. The van der Waals surface area contributed by atoms with Gasteiger partial charge in [0.15, 0.2) is 0 Å². The number of piperazine rings is 1. The number of rotatable bonds is 10. The van der Waals surface area contributed by atoms with Gasteiger partial charge in [-0.2, -0.15) is 0 Å². The first-order valence-electron chi connectivity index (χ1n) is 13.7. The summed E-state index contributed by atoms with van der Waals surface area (Å²) in [5.74, 6) is 0. The summed E-state index contributed by atoms with van der Waals surface area (Å²) in [4.78, 5) is 5.10. The lowest BCUT2D eigenvalue weighted by Gasteiger charge is -2.35. The van der Waals surface area contributed by atoms with E-state index in [1.807, 2.05) is 12.1 Å². The van der Waals surface area contributed by atoms with Crippen LogP contribution < -0.4 is 5.73 Å². The fraction of sp³-hybridized carbons (Fsp3) is 0.375. The molecule has 4 aromatic rings. The van der Waals surface area contributed by atoms with Crippen molar-refractivity contribution < 1.29 is 0 Å². The average Bonchev–Trinajstić information content (AvgIpc) is 3.28. The lowest BCUT2D eigenvalue weighted by atomic mass is 10.0. The monoisotopic (exact) mass is 514 g/mol. The van der Waals surface area contributed by atoms with Gasteiger partial charge in [0.1, 0.15) is 0 Å². The smallest absolute Gasteiger partial charge is 0.0486 e. The minimum atomic E-state index is 0.688. The highest BCUT2D eigenvalue weighted by atomic mass is 35.5. The number of fused-ring (bicyclic) bond motifs is 1. The van der Waals surface area contributed by atoms with Crippen molar-refractivity contribution in [3.05, 3.63) is 94.6 Å². The molecule has 0 bridgehead atoms. The number of unbranched alkanes of at least 4 members (excludes halogenated alkanes) is 1. The predicted octanol–water partition coefficient (Wildman–Crippen LogP) is 6.58. The zero-order valence-electron chi connectivity index (χ0n) is 22.0. The molecule has 5 rings (SSSR count). The molecule has 1 aliphatic heterocycles. The summed E-state index contributed by atoms with van der Waals surface area (Å²) < 4.78 is 2.44. The van der Waals surface area contributed by atoms with Crippen LogP contribution in [-0.2, 0) is 26.1 Å². The van der Waals surface area contributed by atoms with Crippen LogP contribution in [0.5, 0.6) is 0 Å². The van der Waals surface area contributed by atoms with E-state index in [1.165, 1.54) is 51.6 Å². The molecule has 5 heteroatoms. The molecular formula is C32H39ClN4. The van der Waals surface area contributed by atoms with Gasteiger partial charge in [-0.1, -0.05) is 73.5 Å². The zero-order chi connectivity index (χ0) is 25.6. The van der Waals surface area contributed by atoms with Gasteiger partial charge >= 0.3 is 0 Å². The Kier molecular flexibility index (Phi) is 8.62. The van der Waals surface area contributed by atoms with Crippen molar-refractivity contribution in [3.63, 3.8) is 0 Å². The number of aromatic nitrogens is 1. The third-order valence-corrected chi connectivity index (χ3v) is 7.99. The van der Waals surface area contributed by atoms with Crippen molar-refractivity contribution in [3.8, 4) is 11.1 Å². The molecule has 3 aromatic carbocycles. The number of aryl methyl sites for hydroxylation is 1. The Morgan fingerprint density at radius 2 is 1.54 bits per heavy atom. The summed E-state index contributed by atoms with van der Waals surface area (Å²) in [6.07, 6.45) is 5.67. The molecule has 0 atom stereocenters. The molecule has 1 aliphatic rings. The van der Waals surface area contributed by atoms with Crippen LogP contribution in [0.3, 0.4) is 0 Å². The molecule has 0 amide bonds. The van der Waals surface area contributed by atoms with Crippen LogP contribution in [-0.4, -0.2) is 47.1 Å². The van der Waals surface area contributed by atoms with Crippen molar-refractivity contribution >= 4 is 22.5 Å². The van der Waals surface area contributed by atoms with Crippen LogP contribution in [0.25, 0.3) is 22.0 Å². The molecular weight excluding hydrogens is 476 g/mol. The maximum atomic E-state index is 6.39. The van der Waals surface area contributed by atoms with Gasteiger partial charge in [-0.15, -0.1) is 0 Å². The van der Waals surface area contributed by atoms with E-state index in [9.17, 15) is 0 Å². The molecule has 194 valence electrons. The number of benzene rings is 3. The standard InChI is InChI=1S/C32H39ClN4/c1-2-3-16-37-24-30(27-11-8-25(9-12-27)14-15-34)29-21-26(10-13-32(29)37)22-35-17-19-36(20-18-35)23-28-6-4-5-7-31(28)33/h4-13,21,24H,2-3,14-20,22-23,34H2,1H3. The van der Waals surface area contributed by atoms with Crippen molar-refractivity contribution in [1.29, 1.82) is 0 Å². The lowest BCUT2D eigenvalue weighted by Crippen LogP contribution is -2.45. The highest BCUT2D eigenvalue weighted by Gasteiger charge is 2.19. The Bertz CT molecular complexity index is 1300. The lowest BCUT2D eigenvalue weighted by molar-refractivity contribution is 0.122. The summed E-state index contributed by atoms with van der Waals surface area (Å²) in [6.45, 7) is 10.2. The number of hydrogen-bond donors (Lipinski definition) is 1. The van der Waals surface area contributed by atoms with Gasteiger partial charge in [0, 0.05) is 73.5 Å². The molecule has 0 radical (unpaired) electrons. The second-order valence-corrected chi connectivity index (χ2v) is 10.7. The van der Waals surface area contributed by atoms with Gasteiger partial charge in [0.2, 0.25) is 0 Å². The van der Waals surface area contributed by atoms with Crippen molar-refractivity contribution in [2.24, 2.45) is 5.73 Å². The van der Waals surface area contributed by atoms with E-state index in [0.717, 1.165) is 57.3 Å². The SMILES string of the molecule is CCCCn1cc(-c2ccc(CCN)cc2)c2cc(CN3CCN(Cc4ccccc4Cl)CC3)ccc21. The van der Waals surface area contributed by atoms with Crippen LogP contribution in [0.2, 0.25) is 5.02 Å². The number of hydrogen-bond acceptors (Lipinski definition) is 3. The van der Waals surface area contributed by atoms with E-state index in [2.05, 4.69) is 82.1 Å². The van der Waals surface area contributed by atoms with E-state index in [4.69, 9.17) is 17.3 Å². The molecule has 2 heterocycles. The van der Waals surface area contributed by atoms with Gasteiger partial charge in [-0.05, 0) is 59.8 Å². The molecule has 37 heavy (non-hydrogen) atoms. The minimum absolute atomic E-state index is 0.688. The summed E-state index contributed by atoms with van der Waals surface area (Å²) in [5.41, 5.74) is 13.6. The van der Waals surface area contributed by atoms with E-state index in [0.29, 0.717) is 6.54 Å². The molecule has 0 saturated carbocycles. The molecule has 1 saturated heterocycles. The molecule has 0 unspecified atom stereocenters. The minimum Gasteiger partial charge on any atom is -0.347 e. The summed E-state index contributed by atoms with van der Waals surface area (Å²) in [7, 11) is 0. The second kappa shape index (κ2) is 12.3. The van der Waals surface area contributed by atoms with Crippen LogP contribution in [0, 0.1) is 0 Å². The number of nitrogens with zero attached hydrogens (tertiary/aromatic N) is 3. The highest BCUT2D eigenvalue weighted by molar-refractivity contribution is 6.31. The van der Waals surface area contributed by atoms with Crippen LogP contribution >= 0.6 is 11.6 Å². The van der Waals surface area contributed by atoms with Crippen molar-refractivity contribution in [2.75, 3.05) is 32.7 Å². The number of nitrogens with two attached hydrogens (primary N) is 1. The molecule has 4 nitrogen and oxygen atoms in total. The van der Waals surface area contributed by atoms with Gasteiger partial charge in [0.05, 0.1) is 0 Å². The fourth-order valence-electron chi connectivity index (χ4n) is 5.44. The van der Waals surface area contributed by atoms with E-state index >= 15 is 0 Å². The summed E-state index contributed by atoms with van der Waals surface area (Å²) in [6, 6.07) is 24.3. The van der Waals surface area contributed by atoms with Crippen LogP contribution in [0.1, 0.15) is 36.5 Å². The topological polar surface area (TPSA) is 37.4 Å². The largest absolute Gasteiger partial charge is 0.347 e. The first-order valence-corrected chi connectivity index (χ1v) is 14.1. The van der Waals surface area contributed by atoms with E-state index in [1.54, 1.807) is 0 Å². The first kappa shape index (κ1) is 26.0. The Labute approximate surface area is 226 Å². The van der Waals surface area contributed by atoms with Crippen molar-refractivity contribution in [2.45, 2.75) is 45.8 Å². The normalized spacial score (nSPS) is 15.0. The Morgan fingerprint density at radius 3 is 2.24 bits per heavy atom. The fourth-order valence-corrected chi connectivity index (χ4v) is 5.63. The molecule has 0 aliphatic carbocycles. The first-order chi connectivity index (χ1) is 18.1. The van der Waals surface area contributed by atoms with Crippen LogP contribution in [0.4, 0.5) is 0 Å².